The van der Waals surface area contributed by atoms with Gasteiger partial charge in [-0.25, -0.2) is 0 Å². The monoisotopic (exact) mass is 179 g/mol. The number of ketones is 1. The standard InChI is InChI=1S/C10H13NO2/c11-9(13)10-5-1-3-7(8(10)12)4-2-6-10/h1,3,7H,2,4-6H2,(H2,11,13)/t7-,10+/m0/s1. The third-order valence-electron chi connectivity index (χ3n) is 3.23. The number of fused-ring (bicyclic) bond motifs is 2. The highest BCUT2D eigenvalue weighted by atomic mass is 16.2. The molecule has 0 radical (unpaired) electrons. The Morgan fingerprint density at radius 3 is 3.00 bits per heavy atom. The van der Waals surface area contributed by atoms with E-state index >= 15 is 0 Å². The molecule has 0 heterocycles. The number of hydrogen-bond donors (Lipinski definition) is 1. The van der Waals surface area contributed by atoms with Crippen molar-refractivity contribution < 1.29 is 9.59 Å². The summed E-state index contributed by atoms with van der Waals surface area (Å²) in [7, 11) is 0. The summed E-state index contributed by atoms with van der Waals surface area (Å²) in [6, 6.07) is 0. The molecule has 70 valence electrons. The van der Waals surface area contributed by atoms with Gasteiger partial charge in [-0.2, -0.15) is 0 Å². The molecule has 13 heavy (non-hydrogen) atoms. The second-order valence-electron chi connectivity index (χ2n) is 3.94. The minimum absolute atomic E-state index is 0.0463. The number of hydrogen-bond acceptors (Lipinski definition) is 2. The van der Waals surface area contributed by atoms with E-state index in [1.807, 2.05) is 12.2 Å². The van der Waals surface area contributed by atoms with E-state index in [1.165, 1.54) is 0 Å². The topological polar surface area (TPSA) is 60.2 Å². The van der Waals surface area contributed by atoms with Crippen molar-refractivity contribution >= 4 is 11.7 Å². The van der Waals surface area contributed by atoms with Crippen LogP contribution in [0.25, 0.3) is 0 Å². The third kappa shape index (κ3) is 1.03. The van der Waals surface area contributed by atoms with Gasteiger partial charge < -0.3 is 5.73 Å². The zero-order valence-corrected chi connectivity index (χ0v) is 7.45. The summed E-state index contributed by atoms with van der Waals surface area (Å²) in [5.74, 6) is -0.435. The van der Waals surface area contributed by atoms with Crippen LogP contribution in [0, 0.1) is 11.3 Å². The zero-order chi connectivity index (χ0) is 9.47. The van der Waals surface area contributed by atoms with Crippen LogP contribution < -0.4 is 5.73 Å². The van der Waals surface area contributed by atoms with Crippen LogP contribution >= 0.6 is 0 Å². The van der Waals surface area contributed by atoms with Gasteiger partial charge in [0.15, 0.2) is 5.78 Å². The fraction of sp³-hybridized carbons (Fsp3) is 0.600. The number of carbonyl (C=O) groups is 2. The molecular weight excluding hydrogens is 166 g/mol. The van der Waals surface area contributed by atoms with Crippen LogP contribution in [0.1, 0.15) is 25.7 Å². The summed E-state index contributed by atoms with van der Waals surface area (Å²) < 4.78 is 0. The van der Waals surface area contributed by atoms with Gasteiger partial charge in [-0.3, -0.25) is 9.59 Å². The Balaban J connectivity index is 2.42. The Kier molecular flexibility index (Phi) is 1.75. The lowest BCUT2D eigenvalue weighted by atomic mass is 9.63. The quantitative estimate of drug-likeness (QED) is 0.478. The van der Waals surface area contributed by atoms with E-state index in [4.69, 9.17) is 5.73 Å². The van der Waals surface area contributed by atoms with Crippen molar-refractivity contribution in [2.45, 2.75) is 25.7 Å². The molecule has 2 aliphatic carbocycles. The number of rotatable bonds is 1. The fourth-order valence-corrected chi connectivity index (χ4v) is 2.40. The van der Waals surface area contributed by atoms with Gasteiger partial charge >= 0.3 is 0 Å². The van der Waals surface area contributed by atoms with Gasteiger partial charge in [-0.05, 0) is 19.3 Å². The largest absolute Gasteiger partial charge is 0.369 e. The van der Waals surface area contributed by atoms with Crippen molar-refractivity contribution in [1.82, 2.24) is 0 Å². The Morgan fingerprint density at radius 2 is 2.38 bits per heavy atom. The first-order valence-electron chi connectivity index (χ1n) is 4.68. The maximum absolute atomic E-state index is 11.8. The minimum atomic E-state index is -0.850. The molecule has 0 aliphatic heterocycles. The number of carbonyl (C=O) groups excluding carboxylic acids is 2. The average Bonchev–Trinajstić information content (AvgIpc) is 2.03. The van der Waals surface area contributed by atoms with Crippen molar-refractivity contribution in [1.29, 1.82) is 0 Å². The zero-order valence-electron chi connectivity index (χ0n) is 7.45. The minimum Gasteiger partial charge on any atom is -0.369 e. The summed E-state index contributed by atoms with van der Waals surface area (Å²) in [6.07, 6.45) is 6.81. The molecule has 0 unspecified atom stereocenters. The summed E-state index contributed by atoms with van der Waals surface area (Å²) in [5.41, 5.74) is 4.46. The maximum Gasteiger partial charge on any atom is 0.231 e. The first kappa shape index (κ1) is 8.48. The first-order chi connectivity index (χ1) is 6.17. The molecule has 0 aromatic heterocycles. The molecule has 0 aromatic carbocycles. The molecule has 0 spiro atoms. The third-order valence-corrected chi connectivity index (χ3v) is 3.23. The Morgan fingerprint density at radius 1 is 1.62 bits per heavy atom. The number of allylic oxidation sites excluding steroid dienone is 2. The summed E-state index contributed by atoms with van der Waals surface area (Å²) in [6.45, 7) is 0. The van der Waals surface area contributed by atoms with Gasteiger partial charge in [-0.15, -0.1) is 0 Å². The van der Waals surface area contributed by atoms with Gasteiger partial charge in [0.2, 0.25) is 5.91 Å². The van der Waals surface area contributed by atoms with Crippen LogP contribution in [-0.4, -0.2) is 11.7 Å². The van der Waals surface area contributed by atoms with Crippen LogP contribution in [0.5, 0.6) is 0 Å². The summed E-state index contributed by atoms with van der Waals surface area (Å²) in [5, 5.41) is 0. The summed E-state index contributed by atoms with van der Waals surface area (Å²) in [4.78, 5) is 23.1. The van der Waals surface area contributed by atoms with Gasteiger partial charge in [0.1, 0.15) is 5.41 Å². The highest BCUT2D eigenvalue weighted by molar-refractivity contribution is 6.08. The normalized spacial score (nSPS) is 37.5. The average molecular weight is 179 g/mol. The van der Waals surface area contributed by atoms with Crippen LogP contribution in [-0.2, 0) is 9.59 Å². The van der Waals surface area contributed by atoms with Crippen LogP contribution in [0.3, 0.4) is 0 Å². The molecular formula is C10H13NO2. The molecule has 2 N–H and O–H groups in total. The van der Waals surface area contributed by atoms with Crippen molar-refractivity contribution in [3.8, 4) is 0 Å². The molecule has 3 heteroatoms. The fourth-order valence-electron chi connectivity index (χ4n) is 2.40. The lowest BCUT2D eigenvalue weighted by Crippen LogP contribution is -2.50. The van der Waals surface area contributed by atoms with Crippen LogP contribution in [0.2, 0.25) is 0 Å². The van der Waals surface area contributed by atoms with E-state index in [0.29, 0.717) is 12.8 Å². The summed E-state index contributed by atoms with van der Waals surface area (Å²) >= 11 is 0. The van der Waals surface area contributed by atoms with Gasteiger partial charge in [0.25, 0.3) is 0 Å². The Bertz CT molecular complexity index is 295. The lowest BCUT2D eigenvalue weighted by molar-refractivity contribution is -0.145. The van der Waals surface area contributed by atoms with E-state index in [0.717, 1.165) is 12.8 Å². The van der Waals surface area contributed by atoms with Gasteiger partial charge in [-0.1, -0.05) is 18.6 Å². The molecule has 2 atom stereocenters. The van der Waals surface area contributed by atoms with Crippen molar-refractivity contribution in [3.63, 3.8) is 0 Å². The second-order valence-corrected chi connectivity index (χ2v) is 3.94. The van der Waals surface area contributed by atoms with Gasteiger partial charge in [0.05, 0.1) is 0 Å². The van der Waals surface area contributed by atoms with Crippen molar-refractivity contribution in [3.05, 3.63) is 12.2 Å². The van der Waals surface area contributed by atoms with E-state index in [9.17, 15) is 9.59 Å². The Labute approximate surface area is 77.0 Å². The molecule has 1 saturated carbocycles. The van der Waals surface area contributed by atoms with Crippen LogP contribution in [0.15, 0.2) is 12.2 Å². The molecule has 2 bridgehead atoms. The van der Waals surface area contributed by atoms with Crippen LogP contribution in [0.4, 0.5) is 0 Å². The molecule has 0 aromatic rings. The lowest BCUT2D eigenvalue weighted by Gasteiger charge is -2.38. The highest BCUT2D eigenvalue weighted by Crippen LogP contribution is 2.42. The Hall–Kier alpha value is -1.12. The molecule has 3 nitrogen and oxygen atoms in total. The predicted octanol–water partition coefficient (Wildman–Crippen LogP) is 0.787. The van der Waals surface area contributed by atoms with E-state index in [2.05, 4.69) is 0 Å². The molecule has 2 aliphatic rings. The van der Waals surface area contributed by atoms with E-state index < -0.39 is 11.3 Å². The SMILES string of the molecule is NC(=O)[C@]12CC=C[C@@H](CCC1)C2=O. The van der Waals surface area contributed by atoms with Crippen molar-refractivity contribution in [2.75, 3.05) is 0 Å². The molecule has 1 amide bonds. The molecule has 2 rings (SSSR count). The number of amides is 1. The van der Waals surface area contributed by atoms with E-state index in [-0.39, 0.29) is 11.7 Å². The number of primary amides is 1. The van der Waals surface area contributed by atoms with Gasteiger partial charge in [0, 0.05) is 5.92 Å². The number of nitrogens with two attached hydrogens (primary N) is 1. The highest BCUT2D eigenvalue weighted by Gasteiger charge is 2.49. The first-order valence-corrected chi connectivity index (χ1v) is 4.68. The second kappa shape index (κ2) is 2.69. The maximum atomic E-state index is 11.8. The predicted molar refractivity (Wildman–Crippen MR) is 47.7 cm³/mol. The smallest absolute Gasteiger partial charge is 0.231 e. The van der Waals surface area contributed by atoms with E-state index in [1.54, 1.807) is 0 Å². The molecule has 0 saturated heterocycles. The molecule has 1 fully saturated rings. The van der Waals surface area contributed by atoms with Crippen molar-refractivity contribution in [2.24, 2.45) is 17.1 Å². The number of Topliss-reactive ketones (excluding diaryl/α,β-unsaturated/α-hetero) is 1.